The van der Waals surface area contributed by atoms with Gasteiger partial charge in [-0.25, -0.2) is 8.42 Å². The van der Waals surface area contributed by atoms with Gasteiger partial charge in [0.15, 0.2) is 0 Å². The Balaban J connectivity index is 3.01. The molecule has 0 aromatic carbocycles. The molecule has 6 heteroatoms. The average molecular weight is 277 g/mol. The second-order valence-electron chi connectivity index (χ2n) is 3.92. The van der Waals surface area contributed by atoms with Crippen molar-refractivity contribution in [2.24, 2.45) is 0 Å². The van der Waals surface area contributed by atoms with Crippen molar-refractivity contribution in [3.63, 3.8) is 0 Å². The highest BCUT2D eigenvalue weighted by atomic mass is 32.2. The van der Waals surface area contributed by atoms with Crippen LogP contribution < -0.4 is 0 Å². The van der Waals surface area contributed by atoms with Gasteiger partial charge < -0.3 is 5.11 Å². The first-order valence-electron chi connectivity index (χ1n) is 5.63. The number of sulfonamides is 1. The van der Waals surface area contributed by atoms with E-state index in [-0.39, 0.29) is 12.6 Å². The molecule has 0 aliphatic rings. The van der Waals surface area contributed by atoms with Crippen LogP contribution in [0.4, 0.5) is 0 Å². The van der Waals surface area contributed by atoms with Crippen LogP contribution in [-0.2, 0) is 16.6 Å². The third-order valence-electron chi connectivity index (χ3n) is 2.90. The Labute approximate surface area is 107 Å². The van der Waals surface area contributed by atoms with E-state index in [9.17, 15) is 8.42 Å². The van der Waals surface area contributed by atoms with Crippen LogP contribution in [0.1, 0.15) is 32.3 Å². The maximum Gasteiger partial charge on any atom is 0.252 e. The summed E-state index contributed by atoms with van der Waals surface area (Å²) in [5, 5.41) is 10.6. The van der Waals surface area contributed by atoms with Gasteiger partial charge in [0.05, 0.1) is 6.61 Å². The van der Waals surface area contributed by atoms with Crippen LogP contribution in [0, 0.1) is 0 Å². The molecule has 0 aliphatic heterocycles. The minimum absolute atomic E-state index is 0.0275. The maximum atomic E-state index is 12.3. The smallest absolute Gasteiger partial charge is 0.252 e. The highest BCUT2D eigenvalue weighted by Crippen LogP contribution is 2.25. The monoisotopic (exact) mass is 277 g/mol. The molecule has 0 amide bonds. The van der Waals surface area contributed by atoms with Crippen LogP contribution in [0.25, 0.3) is 0 Å². The fourth-order valence-electron chi connectivity index (χ4n) is 1.71. The molecule has 0 bridgehead atoms. The minimum Gasteiger partial charge on any atom is -0.392 e. The van der Waals surface area contributed by atoms with Crippen molar-refractivity contribution in [2.45, 2.75) is 43.5 Å². The van der Waals surface area contributed by atoms with E-state index in [4.69, 9.17) is 5.11 Å². The quantitative estimate of drug-likeness (QED) is 0.866. The SMILES string of the molecule is CCC(CC)N(C)S(=O)(=O)c1cc(CO)cs1. The lowest BCUT2D eigenvalue weighted by Crippen LogP contribution is -2.35. The van der Waals surface area contributed by atoms with E-state index in [0.717, 1.165) is 24.2 Å². The summed E-state index contributed by atoms with van der Waals surface area (Å²) in [7, 11) is -1.79. The first kappa shape index (κ1) is 14.6. The van der Waals surface area contributed by atoms with E-state index in [1.165, 1.54) is 4.31 Å². The van der Waals surface area contributed by atoms with Crippen LogP contribution in [0.5, 0.6) is 0 Å². The van der Waals surface area contributed by atoms with E-state index in [1.807, 2.05) is 13.8 Å². The summed E-state index contributed by atoms with van der Waals surface area (Å²) in [6, 6.07) is 1.57. The molecule has 0 fully saturated rings. The molecule has 0 spiro atoms. The van der Waals surface area contributed by atoms with E-state index >= 15 is 0 Å². The fraction of sp³-hybridized carbons (Fsp3) is 0.636. The summed E-state index contributed by atoms with van der Waals surface area (Å²) in [6.07, 6.45) is 1.59. The number of hydrogen-bond donors (Lipinski definition) is 1. The summed E-state index contributed by atoms with van der Waals surface area (Å²) < 4.78 is 26.3. The van der Waals surface area contributed by atoms with Gasteiger partial charge in [0.25, 0.3) is 10.0 Å². The highest BCUT2D eigenvalue weighted by Gasteiger charge is 2.27. The Hall–Kier alpha value is -0.430. The van der Waals surface area contributed by atoms with Gasteiger partial charge in [-0.3, -0.25) is 0 Å². The first-order valence-corrected chi connectivity index (χ1v) is 7.95. The van der Waals surface area contributed by atoms with Gasteiger partial charge in [0, 0.05) is 13.1 Å². The van der Waals surface area contributed by atoms with E-state index in [1.54, 1.807) is 18.5 Å². The zero-order chi connectivity index (χ0) is 13.1. The Morgan fingerprint density at radius 2 is 2.00 bits per heavy atom. The van der Waals surface area contributed by atoms with E-state index in [0.29, 0.717) is 9.77 Å². The molecule has 4 nitrogen and oxygen atoms in total. The predicted molar refractivity (Wildman–Crippen MR) is 69.6 cm³/mol. The van der Waals surface area contributed by atoms with E-state index < -0.39 is 10.0 Å². The van der Waals surface area contributed by atoms with Crippen LogP contribution >= 0.6 is 11.3 Å². The lowest BCUT2D eigenvalue weighted by Gasteiger charge is -2.24. The number of hydrogen-bond acceptors (Lipinski definition) is 4. The number of aliphatic hydroxyl groups is 1. The molecule has 0 saturated carbocycles. The molecule has 1 aromatic rings. The second-order valence-corrected chi connectivity index (χ2v) is 7.06. The van der Waals surface area contributed by atoms with Crippen molar-refractivity contribution in [3.8, 4) is 0 Å². The summed E-state index contributed by atoms with van der Waals surface area (Å²) >= 11 is 1.16. The second kappa shape index (κ2) is 5.95. The summed E-state index contributed by atoms with van der Waals surface area (Å²) in [5.74, 6) is 0. The molecule has 0 radical (unpaired) electrons. The van der Waals surface area contributed by atoms with Gasteiger partial charge in [0.1, 0.15) is 4.21 Å². The Kier molecular flexibility index (Phi) is 5.12. The average Bonchev–Trinajstić information content (AvgIpc) is 2.79. The van der Waals surface area contributed by atoms with Gasteiger partial charge in [-0.05, 0) is 29.9 Å². The molecular weight excluding hydrogens is 258 g/mol. The summed E-state index contributed by atoms with van der Waals surface area (Å²) in [4.78, 5) is 0. The normalized spacial score (nSPS) is 12.6. The predicted octanol–water partition coefficient (Wildman–Crippen LogP) is 2.05. The van der Waals surface area contributed by atoms with Gasteiger partial charge in [-0.2, -0.15) is 4.31 Å². The summed E-state index contributed by atoms with van der Waals surface area (Å²) in [5.41, 5.74) is 0.645. The van der Waals surface area contributed by atoms with Crippen LogP contribution in [-0.4, -0.2) is 30.9 Å². The number of aliphatic hydroxyl groups excluding tert-OH is 1. The molecule has 98 valence electrons. The maximum absolute atomic E-state index is 12.3. The van der Waals surface area contributed by atoms with Gasteiger partial charge >= 0.3 is 0 Å². The Bertz CT molecular complexity index is 449. The molecule has 0 atom stereocenters. The summed E-state index contributed by atoms with van der Waals surface area (Å²) in [6.45, 7) is 3.84. The van der Waals surface area contributed by atoms with Crippen LogP contribution in [0.3, 0.4) is 0 Å². The molecule has 1 heterocycles. The third-order valence-corrected chi connectivity index (χ3v) is 6.28. The largest absolute Gasteiger partial charge is 0.392 e. The zero-order valence-corrected chi connectivity index (χ0v) is 12.0. The minimum atomic E-state index is -3.41. The van der Waals surface area contributed by atoms with Crippen molar-refractivity contribution < 1.29 is 13.5 Å². The molecular formula is C11H19NO3S2. The standard InChI is InChI=1S/C11H19NO3S2/c1-4-10(5-2)12(3)17(14,15)11-6-9(7-13)8-16-11/h6,8,10,13H,4-5,7H2,1-3H3. The van der Waals surface area contributed by atoms with Gasteiger partial charge in [0.2, 0.25) is 0 Å². The van der Waals surface area contributed by atoms with Crippen LogP contribution in [0.2, 0.25) is 0 Å². The van der Waals surface area contributed by atoms with Crippen molar-refractivity contribution in [1.29, 1.82) is 0 Å². The topological polar surface area (TPSA) is 57.6 Å². The Morgan fingerprint density at radius 3 is 2.41 bits per heavy atom. The molecule has 0 aliphatic carbocycles. The van der Waals surface area contributed by atoms with Crippen molar-refractivity contribution in [2.75, 3.05) is 7.05 Å². The molecule has 1 N–H and O–H groups in total. The van der Waals surface area contributed by atoms with Crippen molar-refractivity contribution in [1.82, 2.24) is 4.31 Å². The highest BCUT2D eigenvalue weighted by molar-refractivity contribution is 7.91. The van der Waals surface area contributed by atoms with Crippen LogP contribution in [0.15, 0.2) is 15.7 Å². The molecule has 17 heavy (non-hydrogen) atoms. The zero-order valence-electron chi connectivity index (χ0n) is 10.4. The third kappa shape index (κ3) is 3.07. The number of thiophene rings is 1. The fourth-order valence-corrected chi connectivity index (χ4v) is 4.60. The van der Waals surface area contributed by atoms with Gasteiger partial charge in [-0.15, -0.1) is 11.3 Å². The van der Waals surface area contributed by atoms with E-state index in [2.05, 4.69) is 0 Å². The number of nitrogens with zero attached hydrogens (tertiary/aromatic N) is 1. The number of rotatable bonds is 6. The lowest BCUT2D eigenvalue weighted by atomic mass is 10.2. The molecule has 1 rings (SSSR count). The first-order chi connectivity index (χ1) is 7.97. The van der Waals surface area contributed by atoms with Gasteiger partial charge in [-0.1, -0.05) is 13.8 Å². The molecule has 0 saturated heterocycles. The molecule has 0 unspecified atom stereocenters. The van der Waals surface area contributed by atoms with Crippen molar-refractivity contribution in [3.05, 3.63) is 17.0 Å². The lowest BCUT2D eigenvalue weighted by molar-refractivity contribution is 0.282. The molecule has 1 aromatic heterocycles. The van der Waals surface area contributed by atoms with Crippen molar-refractivity contribution >= 4 is 21.4 Å². The Morgan fingerprint density at radius 1 is 1.41 bits per heavy atom.